The second kappa shape index (κ2) is 4.75. The third-order valence-corrected chi connectivity index (χ3v) is 2.61. The summed E-state index contributed by atoms with van der Waals surface area (Å²) >= 11 is 0. The summed E-state index contributed by atoms with van der Waals surface area (Å²) in [6.45, 7) is 0. The summed E-state index contributed by atoms with van der Waals surface area (Å²) in [6, 6.07) is 21.5. The van der Waals surface area contributed by atoms with Crippen LogP contribution in [-0.4, -0.2) is 0 Å². The van der Waals surface area contributed by atoms with E-state index in [2.05, 4.69) is 10.5 Å². The van der Waals surface area contributed by atoms with Crippen LogP contribution in [-0.2, 0) is 0 Å². The van der Waals surface area contributed by atoms with Crippen LogP contribution >= 0.6 is 0 Å². The Morgan fingerprint density at radius 3 is 2.44 bits per heavy atom. The van der Waals surface area contributed by atoms with Crippen LogP contribution in [0.15, 0.2) is 76.2 Å². The maximum atomic E-state index is 5.65. The van der Waals surface area contributed by atoms with Crippen molar-refractivity contribution in [3.8, 4) is 0 Å². The third-order valence-electron chi connectivity index (χ3n) is 2.61. The predicted molar refractivity (Wildman–Crippen MR) is 71.8 cm³/mol. The van der Waals surface area contributed by atoms with Gasteiger partial charge >= 0.3 is 0 Å². The third kappa shape index (κ3) is 2.25. The van der Waals surface area contributed by atoms with Crippen molar-refractivity contribution in [3.63, 3.8) is 0 Å². The molecular formula is C15H12N2O. The highest BCUT2D eigenvalue weighted by molar-refractivity contribution is 5.75. The maximum absolute atomic E-state index is 5.65. The molecule has 0 spiro atoms. The van der Waals surface area contributed by atoms with Gasteiger partial charge in [0.2, 0.25) is 5.55 Å². The first-order valence-corrected chi connectivity index (χ1v) is 5.75. The minimum atomic E-state index is 0.553. The fourth-order valence-electron chi connectivity index (χ4n) is 1.71. The number of hydrogen-bond donors (Lipinski definition) is 1. The molecule has 3 heteroatoms. The van der Waals surface area contributed by atoms with Gasteiger partial charge < -0.3 is 4.42 Å². The Kier molecular flexibility index (Phi) is 2.80. The molecule has 0 amide bonds. The van der Waals surface area contributed by atoms with Gasteiger partial charge in [0.1, 0.15) is 5.58 Å². The van der Waals surface area contributed by atoms with E-state index in [4.69, 9.17) is 4.42 Å². The van der Waals surface area contributed by atoms with Crippen LogP contribution < -0.4 is 11.0 Å². The molecule has 0 bridgehead atoms. The normalized spacial score (nSPS) is 11.7. The van der Waals surface area contributed by atoms with E-state index in [1.807, 2.05) is 66.7 Å². The fourth-order valence-corrected chi connectivity index (χ4v) is 1.71. The van der Waals surface area contributed by atoms with Gasteiger partial charge in [-0.15, -0.1) is 5.10 Å². The van der Waals surface area contributed by atoms with Crippen LogP contribution in [0.2, 0.25) is 0 Å². The number of anilines is 1. The first-order valence-electron chi connectivity index (χ1n) is 5.75. The molecule has 0 aliphatic carbocycles. The summed E-state index contributed by atoms with van der Waals surface area (Å²) in [5.41, 5.74) is 5.27. The van der Waals surface area contributed by atoms with E-state index in [0.29, 0.717) is 5.55 Å². The summed E-state index contributed by atoms with van der Waals surface area (Å²) in [6.07, 6.45) is 0. The van der Waals surface area contributed by atoms with Crippen LogP contribution in [0.4, 0.5) is 5.69 Å². The highest BCUT2D eigenvalue weighted by atomic mass is 16.3. The smallest absolute Gasteiger partial charge is 0.236 e. The van der Waals surface area contributed by atoms with Gasteiger partial charge in [0, 0.05) is 11.5 Å². The summed E-state index contributed by atoms with van der Waals surface area (Å²) in [5, 5.41) is 5.28. The highest BCUT2D eigenvalue weighted by Gasteiger charge is 1.93. The SMILES string of the molecule is c1ccc(N/N=c2\ccc3ccccc3o2)cc1. The van der Waals surface area contributed by atoms with Crippen molar-refractivity contribution in [3.05, 3.63) is 72.3 Å². The molecule has 3 nitrogen and oxygen atoms in total. The maximum Gasteiger partial charge on any atom is 0.236 e. The van der Waals surface area contributed by atoms with Gasteiger partial charge in [-0.3, -0.25) is 5.43 Å². The number of rotatable bonds is 2. The van der Waals surface area contributed by atoms with E-state index in [1.54, 1.807) is 0 Å². The van der Waals surface area contributed by atoms with Gasteiger partial charge in [-0.05, 0) is 24.3 Å². The van der Waals surface area contributed by atoms with Gasteiger partial charge in [-0.25, -0.2) is 0 Å². The Bertz CT molecular complexity index is 717. The zero-order valence-electron chi connectivity index (χ0n) is 9.71. The van der Waals surface area contributed by atoms with Crippen molar-refractivity contribution in [1.82, 2.24) is 0 Å². The Labute approximate surface area is 104 Å². The van der Waals surface area contributed by atoms with Crippen molar-refractivity contribution < 1.29 is 4.42 Å². The molecule has 1 N–H and O–H groups in total. The molecule has 0 saturated carbocycles. The molecule has 0 atom stereocenters. The standard InChI is InChI=1S/C15H12N2O/c1-2-7-13(8-3-1)16-17-15-11-10-12-6-4-5-9-14(12)18-15/h1-11,16H/b17-15+. The number of nitrogens with zero attached hydrogens (tertiary/aromatic N) is 1. The molecule has 3 rings (SSSR count). The molecule has 0 unspecified atom stereocenters. The summed E-state index contributed by atoms with van der Waals surface area (Å²) in [5.74, 6) is 0. The zero-order chi connectivity index (χ0) is 12.2. The molecule has 2 aromatic carbocycles. The molecule has 1 heterocycles. The van der Waals surface area contributed by atoms with Gasteiger partial charge in [0.05, 0.1) is 5.69 Å². The molecule has 0 saturated heterocycles. The average molecular weight is 236 g/mol. The van der Waals surface area contributed by atoms with Gasteiger partial charge in [-0.2, -0.15) is 0 Å². The predicted octanol–water partition coefficient (Wildman–Crippen LogP) is 3.36. The quantitative estimate of drug-likeness (QED) is 0.693. The lowest BCUT2D eigenvalue weighted by Gasteiger charge is -1.99. The molecule has 88 valence electrons. The molecule has 0 radical (unpaired) electrons. The minimum Gasteiger partial charge on any atom is -0.437 e. The van der Waals surface area contributed by atoms with Crippen LogP contribution in [0.1, 0.15) is 0 Å². The van der Waals surface area contributed by atoms with E-state index < -0.39 is 0 Å². The van der Waals surface area contributed by atoms with E-state index in [0.717, 1.165) is 16.7 Å². The average Bonchev–Trinajstić information content (AvgIpc) is 2.46. The molecule has 0 fully saturated rings. The van der Waals surface area contributed by atoms with Gasteiger partial charge in [0.15, 0.2) is 0 Å². The van der Waals surface area contributed by atoms with Crippen molar-refractivity contribution in [2.24, 2.45) is 5.10 Å². The van der Waals surface area contributed by atoms with Crippen molar-refractivity contribution in [1.29, 1.82) is 0 Å². The Balaban J connectivity index is 1.94. The Morgan fingerprint density at radius 1 is 0.778 bits per heavy atom. The fraction of sp³-hybridized carbons (Fsp3) is 0. The first-order chi connectivity index (χ1) is 8.92. The zero-order valence-corrected chi connectivity index (χ0v) is 9.71. The first kappa shape index (κ1) is 10.6. The van der Waals surface area contributed by atoms with E-state index >= 15 is 0 Å². The molecule has 3 aromatic rings. The molecule has 1 aromatic heterocycles. The largest absolute Gasteiger partial charge is 0.437 e. The summed E-state index contributed by atoms with van der Waals surface area (Å²) in [4.78, 5) is 0. The molecule has 18 heavy (non-hydrogen) atoms. The van der Waals surface area contributed by atoms with Crippen molar-refractivity contribution >= 4 is 16.7 Å². The van der Waals surface area contributed by atoms with Crippen LogP contribution in [0.3, 0.4) is 0 Å². The van der Waals surface area contributed by atoms with Crippen molar-refractivity contribution in [2.45, 2.75) is 0 Å². The Morgan fingerprint density at radius 2 is 1.56 bits per heavy atom. The minimum absolute atomic E-state index is 0.553. The second-order valence-corrected chi connectivity index (χ2v) is 3.90. The van der Waals surface area contributed by atoms with E-state index in [1.165, 1.54) is 0 Å². The lowest BCUT2D eigenvalue weighted by atomic mass is 10.2. The number of benzene rings is 2. The number of nitrogens with one attached hydrogen (secondary N) is 1. The van der Waals surface area contributed by atoms with Gasteiger partial charge in [0.25, 0.3) is 0 Å². The van der Waals surface area contributed by atoms with Gasteiger partial charge in [-0.1, -0.05) is 36.4 Å². The summed E-state index contributed by atoms with van der Waals surface area (Å²) in [7, 11) is 0. The Hall–Kier alpha value is -2.55. The van der Waals surface area contributed by atoms with Crippen LogP contribution in [0.25, 0.3) is 11.0 Å². The molecule has 0 aliphatic heterocycles. The number of hydrogen-bond acceptors (Lipinski definition) is 3. The lowest BCUT2D eigenvalue weighted by molar-refractivity contribution is 0.541. The monoisotopic (exact) mass is 236 g/mol. The van der Waals surface area contributed by atoms with E-state index in [9.17, 15) is 0 Å². The molecular weight excluding hydrogens is 224 g/mol. The number of fused-ring (bicyclic) bond motifs is 1. The van der Waals surface area contributed by atoms with Crippen LogP contribution in [0.5, 0.6) is 0 Å². The van der Waals surface area contributed by atoms with Crippen molar-refractivity contribution in [2.75, 3.05) is 5.43 Å². The summed E-state index contributed by atoms with van der Waals surface area (Å²) < 4.78 is 5.65. The second-order valence-electron chi connectivity index (χ2n) is 3.90. The topological polar surface area (TPSA) is 37.5 Å². The molecule has 0 aliphatic rings. The number of para-hydroxylation sites is 2. The van der Waals surface area contributed by atoms with E-state index in [-0.39, 0.29) is 0 Å². The highest BCUT2D eigenvalue weighted by Crippen LogP contribution is 2.09. The lowest BCUT2D eigenvalue weighted by Crippen LogP contribution is -2.03. The van der Waals surface area contributed by atoms with Crippen LogP contribution in [0, 0.1) is 0 Å².